The number of methoxy groups -OCH3 is 1. The molecule has 8 heteroatoms. The van der Waals surface area contributed by atoms with Crippen molar-refractivity contribution in [1.29, 1.82) is 0 Å². The van der Waals surface area contributed by atoms with Gasteiger partial charge in [0.15, 0.2) is 11.5 Å². The van der Waals surface area contributed by atoms with Crippen LogP contribution in [0.25, 0.3) is 5.65 Å². The second-order valence-corrected chi connectivity index (χ2v) is 4.44. The molecule has 22 heavy (non-hydrogen) atoms. The molecule has 3 heterocycles. The lowest BCUT2D eigenvalue weighted by molar-refractivity contribution is 0.251. The molecule has 0 fully saturated rings. The van der Waals surface area contributed by atoms with Gasteiger partial charge < -0.3 is 15.4 Å². The van der Waals surface area contributed by atoms with Crippen LogP contribution in [0.5, 0.6) is 5.88 Å². The summed E-state index contributed by atoms with van der Waals surface area (Å²) < 4.78 is 6.77. The highest BCUT2D eigenvalue weighted by Gasteiger charge is 2.07. The molecule has 0 bridgehead atoms. The highest BCUT2D eigenvalue weighted by Crippen LogP contribution is 2.10. The summed E-state index contributed by atoms with van der Waals surface area (Å²) in [5.74, 6) is 1.14. The molecule has 2 N–H and O–H groups in total. The number of hydrogen-bond donors (Lipinski definition) is 2. The van der Waals surface area contributed by atoms with E-state index in [0.29, 0.717) is 17.4 Å². The highest BCUT2D eigenvalue weighted by atomic mass is 16.5. The van der Waals surface area contributed by atoms with Crippen LogP contribution < -0.4 is 15.4 Å². The zero-order valence-corrected chi connectivity index (χ0v) is 11.9. The third-order valence-corrected chi connectivity index (χ3v) is 2.99. The van der Waals surface area contributed by atoms with Crippen LogP contribution in [0, 0.1) is 0 Å². The standard InChI is InChI=1S/C14H14N6O2/c1-22-13-6-5-10(8-15-13)17-14(21)16-9-12-19-18-11-4-2-3-7-20(11)12/h2-8H,9H2,1H3,(H2,16,17,21). The molecule has 8 nitrogen and oxygen atoms in total. The lowest BCUT2D eigenvalue weighted by Crippen LogP contribution is -2.29. The number of urea groups is 1. The summed E-state index contributed by atoms with van der Waals surface area (Å²) in [6.45, 7) is 0.264. The van der Waals surface area contributed by atoms with E-state index in [0.717, 1.165) is 5.65 Å². The summed E-state index contributed by atoms with van der Waals surface area (Å²) in [7, 11) is 1.53. The fourth-order valence-corrected chi connectivity index (χ4v) is 1.92. The van der Waals surface area contributed by atoms with E-state index in [-0.39, 0.29) is 12.6 Å². The van der Waals surface area contributed by atoms with Crippen molar-refractivity contribution < 1.29 is 9.53 Å². The molecule has 112 valence electrons. The fourth-order valence-electron chi connectivity index (χ4n) is 1.92. The Bertz CT molecular complexity index is 783. The predicted octanol–water partition coefficient (Wildman–Crippen LogP) is 1.45. The Hall–Kier alpha value is -3.16. The molecule has 0 aliphatic carbocycles. The first-order chi connectivity index (χ1) is 10.8. The van der Waals surface area contributed by atoms with Crippen LogP contribution in [0.15, 0.2) is 42.7 Å². The fraction of sp³-hybridized carbons (Fsp3) is 0.143. The number of nitrogens with one attached hydrogen (secondary N) is 2. The van der Waals surface area contributed by atoms with Gasteiger partial charge in [-0.2, -0.15) is 0 Å². The van der Waals surface area contributed by atoms with Crippen molar-refractivity contribution in [1.82, 2.24) is 24.9 Å². The second kappa shape index (κ2) is 6.08. The normalized spacial score (nSPS) is 10.4. The molecule has 0 spiro atoms. The molecule has 3 aromatic heterocycles. The van der Waals surface area contributed by atoms with Gasteiger partial charge in [0.1, 0.15) is 0 Å². The van der Waals surface area contributed by atoms with Crippen molar-refractivity contribution >= 4 is 17.4 Å². The summed E-state index contributed by atoms with van der Waals surface area (Å²) in [6.07, 6.45) is 3.36. The first kappa shape index (κ1) is 13.8. The smallest absolute Gasteiger partial charge is 0.319 e. The van der Waals surface area contributed by atoms with Crippen LogP contribution in [0.2, 0.25) is 0 Å². The lowest BCUT2D eigenvalue weighted by atomic mass is 10.4. The average molecular weight is 298 g/mol. The minimum absolute atomic E-state index is 0.264. The maximum Gasteiger partial charge on any atom is 0.319 e. The Labute approximate surface area is 126 Å². The highest BCUT2D eigenvalue weighted by molar-refractivity contribution is 5.88. The summed E-state index contributed by atoms with van der Waals surface area (Å²) in [4.78, 5) is 15.9. The second-order valence-electron chi connectivity index (χ2n) is 4.44. The van der Waals surface area contributed by atoms with Crippen molar-refractivity contribution in [2.75, 3.05) is 12.4 Å². The van der Waals surface area contributed by atoms with Crippen molar-refractivity contribution in [2.45, 2.75) is 6.54 Å². The number of aromatic nitrogens is 4. The Balaban J connectivity index is 1.60. The van der Waals surface area contributed by atoms with Gasteiger partial charge in [-0.25, -0.2) is 9.78 Å². The molecule has 3 rings (SSSR count). The first-order valence-corrected chi connectivity index (χ1v) is 6.60. The predicted molar refractivity (Wildman–Crippen MR) is 79.6 cm³/mol. The molecule has 0 radical (unpaired) electrons. The van der Waals surface area contributed by atoms with E-state index in [1.807, 2.05) is 28.8 Å². The third kappa shape index (κ3) is 2.95. The van der Waals surface area contributed by atoms with Gasteiger partial charge in [-0.3, -0.25) is 4.40 Å². The van der Waals surface area contributed by atoms with E-state index in [4.69, 9.17) is 4.74 Å². The van der Waals surface area contributed by atoms with Gasteiger partial charge >= 0.3 is 6.03 Å². The van der Waals surface area contributed by atoms with Gasteiger partial charge in [0.2, 0.25) is 5.88 Å². The number of carbonyl (C=O) groups excluding carboxylic acids is 1. The zero-order valence-electron chi connectivity index (χ0n) is 11.9. The number of nitrogens with zero attached hydrogens (tertiary/aromatic N) is 4. The van der Waals surface area contributed by atoms with Gasteiger partial charge in [-0.05, 0) is 18.2 Å². The minimum atomic E-state index is -0.348. The Morgan fingerprint density at radius 3 is 2.95 bits per heavy atom. The third-order valence-electron chi connectivity index (χ3n) is 2.99. The maximum atomic E-state index is 11.9. The lowest BCUT2D eigenvalue weighted by Gasteiger charge is -2.07. The number of rotatable bonds is 4. The summed E-state index contributed by atoms with van der Waals surface area (Å²) >= 11 is 0. The van der Waals surface area contributed by atoms with Crippen LogP contribution in [0.1, 0.15) is 5.82 Å². The minimum Gasteiger partial charge on any atom is -0.481 e. The topological polar surface area (TPSA) is 93.4 Å². The molecule has 0 aliphatic rings. The van der Waals surface area contributed by atoms with E-state index in [1.54, 1.807) is 12.1 Å². The van der Waals surface area contributed by atoms with E-state index in [2.05, 4.69) is 25.8 Å². The van der Waals surface area contributed by atoms with Crippen molar-refractivity contribution in [3.63, 3.8) is 0 Å². The molecule has 0 aromatic carbocycles. The number of hydrogen-bond acceptors (Lipinski definition) is 5. The van der Waals surface area contributed by atoms with Gasteiger partial charge in [-0.1, -0.05) is 6.07 Å². The van der Waals surface area contributed by atoms with Gasteiger partial charge in [-0.15, -0.1) is 10.2 Å². The maximum absolute atomic E-state index is 11.9. The largest absolute Gasteiger partial charge is 0.481 e. The molecule has 0 unspecified atom stereocenters. The number of anilines is 1. The number of amides is 2. The number of carbonyl (C=O) groups is 1. The molecule has 3 aromatic rings. The van der Waals surface area contributed by atoms with E-state index < -0.39 is 0 Å². The van der Waals surface area contributed by atoms with Crippen LogP contribution in [-0.4, -0.2) is 32.7 Å². The zero-order chi connectivity index (χ0) is 15.4. The van der Waals surface area contributed by atoms with Crippen molar-refractivity contribution in [3.05, 3.63) is 48.5 Å². The Kier molecular flexibility index (Phi) is 3.82. The van der Waals surface area contributed by atoms with Crippen LogP contribution >= 0.6 is 0 Å². The van der Waals surface area contributed by atoms with E-state index in [9.17, 15) is 4.79 Å². The molecule has 0 saturated heterocycles. The van der Waals surface area contributed by atoms with Crippen LogP contribution in [0.3, 0.4) is 0 Å². The van der Waals surface area contributed by atoms with E-state index >= 15 is 0 Å². The van der Waals surface area contributed by atoms with Gasteiger partial charge in [0, 0.05) is 12.3 Å². The number of ether oxygens (including phenoxy) is 1. The van der Waals surface area contributed by atoms with Crippen molar-refractivity contribution in [3.8, 4) is 5.88 Å². The Morgan fingerprint density at radius 1 is 1.27 bits per heavy atom. The molecule has 0 atom stereocenters. The van der Waals surface area contributed by atoms with E-state index in [1.165, 1.54) is 13.3 Å². The van der Waals surface area contributed by atoms with Gasteiger partial charge in [0.05, 0.1) is 25.5 Å². The van der Waals surface area contributed by atoms with Gasteiger partial charge in [0.25, 0.3) is 0 Å². The molecule has 2 amide bonds. The quantitative estimate of drug-likeness (QED) is 0.760. The molecular formula is C14H14N6O2. The van der Waals surface area contributed by atoms with Crippen LogP contribution in [-0.2, 0) is 6.54 Å². The van der Waals surface area contributed by atoms with Crippen LogP contribution in [0.4, 0.5) is 10.5 Å². The molecule has 0 aliphatic heterocycles. The average Bonchev–Trinajstić information content (AvgIpc) is 2.97. The summed E-state index contributed by atoms with van der Waals surface area (Å²) in [5, 5.41) is 13.5. The summed E-state index contributed by atoms with van der Waals surface area (Å²) in [5.41, 5.74) is 1.31. The first-order valence-electron chi connectivity index (χ1n) is 6.60. The summed E-state index contributed by atoms with van der Waals surface area (Å²) in [6, 6.07) is 8.63. The Morgan fingerprint density at radius 2 is 2.18 bits per heavy atom. The number of pyridine rings is 2. The molecular weight excluding hydrogens is 284 g/mol. The SMILES string of the molecule is COc1ccc(NC(=O)NCc2nnc3ccccn23)cn1. The van der Waals surface area contributed by atoms with Crippen molar-refractivity contribution in [2.24, 2.45) is 0 Å². The molecule has 0 saturated carbocycles. The monoisotopic (exact) mass is 298 g/mol. The number of fused-ring (bicyclic) bond motifs is 1.